The fourth-order valence-corrected chi connectivity index (χ4v) is 8.04. The van der Waals surface area contributed by atoms with Crippen LogP contribution >= 0.6 is 11.3 Å². The number of hydrogen-bond donors (Lipinski definition) is 2. The third-order valence-corrected chi connectivity index (χ3v) is 10.7. The Kier molecular flexibility index (Phi) is 8.60. The average Bonchev–Trinajstić information content (AvgIpc) is 3.66. The van der Waals surface area contributed by atoms with E-state index in [-0.39, 0.29) is 35.7 Å². The van der Waals surface area contributed by atoms with E-state index >= 15 is 0 Å². The molecule has 2 aromatic carbocycles. The van der Waals surface area contributed by atoms with Crippen molar-refractivity contribution in [3.8, 4) is 22.6 Å². The van der Waals surface area contributed by atoms with Crippen LogP contribution < -0.4 is 30.6 Å². The van der Waals surface area contributed by atoms with Gasteiger partial charge in [-0.1, -0.05) is 6.07 Å². The molecule has 0 radical (unpaired) electrons. The highest BCUT2D eigenvalue weighted by Gasteiger charge is 2.40. The van der Waals surface area contributed by atoms with E-state index in [2.05, 4.69) is 15.5 Å². The maximum absolute atomic E-state index is 13.5. The third kappa shape index (κ3) is 5.87. The predicted octanol–water partition coefficient (Wildman–Crippen LogP) is 2.73. The Morgan fingerprint density at radius 3 is 2.40 bits per heavy atom. The van der Waals surface area contributed by atoms with E-state index in [1.165, 1.54) is 20.8 Å². The second kappa shape index (κ2) is 12.9. The molecule has 260 valence electrons. The van der Waals surface area contributed by atoms with Gasteiger partial charge in [-0.05, 0) is 62.0 Å². The van der Waals surface area contributed by atoms with E-state index in [1.54, 1.807) is 33.5 Å². The number of carbonyl (C=O) groups is 4. The summed E-state index contributed by atoms with van der Waals surface area (Å²) < 4.78 is 13.7. The van der Waals surface area contributed by atoms with Crippen LogP contribution in [0.15, 0.2) is 47.4 Å². The van der Waals surface area contributed by atoms with Crippen molar-refractivity contribution in [1.29, 1.82) is 0 Å². The van der Waals surface area contributed by atoms with Crippen LogP contribution in [0, 0.1) is 0 Å². The molecule has 3 aliphatic heterocycles. The number of pyridine rings is 1. The summed E-state index contributed by atoms with van der Waals surface area (Å²) in [5.74, 6) is 0.0932. The number of aryl methyl sites for hydroxylation is 1. The molecule has 0 spiro atoms. The third-order valence-electron chi connectivity index (χ3n) is 9.56. The monoisotopic (exact) mass is 698 g/mol. The van der Waals surface area contributed by atoms with Gasteiger partial charge in [0.25, 0.3) is 17.4 Å². The number of fused-ring (bicyclic) bond motifs is 2. The van der Waals surface area contributed by atoms with Gasteiger partial charge in [-0.25, -0.2) is 0 Å². The molecule has 0 saturated carbocycles. The van der Waals surface area contributed by atoms with E-state index in [4.69, 9.17) is 9.47 Å². The Bertz CT molecular complexity index is 2110. The van der Waals surface area contributed by atoms with Gasteiger partial charge in [0.1, 0.15) is 17.5 Å². The number of carbonyl (C=O) groups excluding carboxylic acids is 4. The molecule has 5 heterocycles. The largest absolute Gasteiger partial charge is 0.496 e. The molecule has 50 heavy (non-hydrogen) atoms. The van der Waals surface area contributed by atoms with Gasteiger partial charge in [0.2, 0.25) is 11.8 Å². The van der Waals surface area contributed by atoms with Crippen molar-refractivity contribution in [2.24, 2.45) is 7.05 Å². The minimum absolute atomic E-state index is 0.128. The molecule has 4 amide bonds. The second-order valence-corrected chi connectivity index (χ2v) is 14.3. The molecule has 7 rings (SSSR count). The number of methoxy groups -OCH3 is 2. The lowest BCUT2D eigenvalue weighted by Gasteiger charge is -2.41. The van der Waals surface area contributed by atoms with Crippen LogP contribution in [0.3, 0.4) is 0 Å². The number of ether oxygens (including phenoxy) is 2. The summed E-state index contributed by atoms with van der Waals surface area (Å²) in [6.07, 6.45) is 2.30. The Balaban J connectivity index is 1.07. The fraction of sp³-hybridized carbons (Fsp3) is 0.361. The minimum atomic E-state index is -0.663. The number of nitrogens with one attached hydrogen (secondary N) is 2. The van der Waals surface area contributed by atoms with Gasteiger partial charge >= 0.3 is 0 Å². The Morgan fingerprint density at radius 2 is 1.74 bits per heavy atom. The summed E-state index contributed by atoms with van der Waals surface area (Å²) >= 11 is 1.27. The van der Waals surface area contributed by atoms with Gasteiger partial charge in [-0.3, -0.25) is 29.3 Å². The highest BCUT2D eigenvalue weighted by Crippen LogP contribution is 2.40. The van der Waals surface area contributed by atoms with Crippen LogP contribution in [-0.2, 0) is 29.7 Å². The molecule has 14 heteroatoms. The molecule has 2 aromatic heterocycles. The molecule has 1 unspecified atom stereocenters. The van der Waals surface area contributed by atoms with Crippen LogP contribution in [0.25, 0.3) is 21.2 Å². The molecule has 1 atom stereocenters. The van der Waals surface area contributed by atoms with Crippen LogP contribution in [-0.4, -0.2) is 91.5 Å². The van der Waals surface area contributed by atoms with Gasteiger partial charge in [0.15, 0.2) is 0 Å². The van der Waals surface area contributed by atoms with Crippen molar-refractivity contribution in [3.63, 3.8) is 0 Å². The Morgan fingerprint density at radius 1 is 1.02 bits per heavy atom. The number of piperidine rings is 1. The van der Waals surface area contributed by atoms with E-state index in [1.807, 2.05) is 49.3 Å². The summed E-state index contributed by atoms with van der Waals surface area (Å²) in [5.41, 5.74) is 4.54. The first-order valence-electron chi connectivity index (χ1n) is 16.3. The standard InChI is InChI=1S/C36H38N6O7S/c1-39(2)17-26-28(48-4)10-20(11-29(26)49-5)25-18-40(3)35(46)24-13-30(50-32(24)25)34(45)37-21-15-41(16-21)22-7-6-19-14-42(36(47)23(19)12-22)27-8-9-31(43)38-33(27)44/h6-7,10-13,18,21,27H,8-9,14-17H2,1-5H3,(H,37,45)(H,38,43,44). The van der Waals surface area contributed by atoms with Gasteiger partial charge in [0, 0.05) is 67.4 Å². The number of imide groups is 1. The Labute approximate surface area is 292 Å². The summed E-state index contributed by atoms with van der Waals surface area (Å²) in [6.45, 7) is 2.03. The highest BCUT2D eigenvalue weighted by atomic mass is 32.1. The quantitative estimate of drug-likeness (QED) is 0.253. The normalized spacial score (nSPS) is 17.6. The lowest BCUT2D eigenvalue weighted by molar-refractivity contribution is -0.136. The van der Waals surface area contributed by atoms with Gasteiger partial charge in [-0.15, -0.1) is 11.3 Å². The molecular formula is C36H38N6O7S. The molecule has 2 N–H and O–H groups in total. The number of thiophene rings is 1. The number of benzene rings is 2. The first-order chi connectivity index (χ1) is 23.9. The zero-order valence-corrected chi connectivity index (χ0v) is 29.3. The van der Waals surface area contributed by atoms with E-state index in [0.29, 0.717) is 64.6 Å². The topological polar surface area (TPSA) is 143 Å². The maximum Gasteiger partial charge on any atom is 0.261 e. The molecule has 13 nitrogen and oxygen atoms in total. The van der Waals surface area contributed by atoms with Crippen molar-refractivity contribution in [2.75, 3.05) is 46.3 Å². The molecule has 3 aliphatic rings. The minimum Gasteiger partial charge on any atom is -0.496 e. The summed E-state index contributed by atoms with van der Waals surface area (Å²) in [4.78, 5) is 70.1. The van der Waals surface area contributed by atoms with Gasteiger partial charge in [0.05, 0.1) is 36.1 Å². The molecule has 0 aliphatic carbocycles. The SMILES string of the molecule is COc1cc(-c2cn(C)c(=O)c3cc(C(=O)NC4CN(c5ccc6c(c5)C(=O)N(C5CCC(=O)NC5=O)C6)C4)sc23)cc(OC)c1CN(C)C. The number of anilines is 1. The van der Waals surface area contributed by atoms with E-state index < -0.39 is 11.9 Å². The first kappa shape index (κ1) is 33.3. The smallest absolute Gasteiger partial charge is 0.261 e. The van der Waals surface area contributed by atoms with Crippen molar-refractivity contribution in [3.05, 3.63) is 74.5 Å². The summed E-state index contributed by atoms with van der Waals surface area (Å²) in [7, 11) is 8.87. The second-order valence-electron chi connectivity index (χ2n) is 13.2. The van der Waals surface area contributed by atoms with Crippen LogP contribution in [0.1, 0.15) is 44.0 Å². The molecule has 2 fully saturated rings. The number of aromatic nitrogens is 1. The van der Waals surface area contributed by atoms with E-state index in [0.717, 1.165) is 27.9 Å². The van der Waals surface area contributed by atoms with Crippen molar-refractivity contribution >= 4 is 50.7 Å². The molecule has 0 bridgehead atoms. The fourth-order valence-electron chi connectivity index (χ4n) is 6.96. The van der Waals surface area contributed by atoms with Crippen molar-refractivity contribution < 1.29 is 28.7 Å². The summed E-state index contributed by atoms with van der Waals surface area (Å²) in [5, 5.41) is 5.89. The van der Waals surface area contributed by atoms with Gasteiger partial charge in [-0.2, -0.15) is 0 Å². The van der Waals surface area contributed by atoms with Crippen molar-refractivity contribution in [1.82, 2.24) is 25.0 Å². The first-order valence-corrected chi connectivity index (χ1v) is 17.1. The number of rotatable bonds is 9. The van der Waals surface area contributed by atoms with Crippen LogP contribution in [0.2, 0.25) is 0 Å². The van der Waals surface area contributed by atoms with E-state index in [9.17, 15) is 24.0 Å². The number of amides is 4. The predicted molar refractivity (Wildman–Crippen MR) is 189 cm³/mol. The molecule has 4 aromatic rings. The highest BCUT2D eigenvalue weighted by molar-refractivity contribution is 7.21. The molecule has 2 saturated heterocycles. The number of hydrogen-bond acceptors (Lipinski definition) is 10. The lowest BCUT2D eigenvalue weighted by Crippen LogP contribution is -2.59. The van der Waals surface area contributed by atoms with Crippen LogP contribution in [0.5, 0.6) is 11.5 Å². The lowest BCUT2D eigenvalue weighted by atomic mass is 10.0. The maximum atomic E-state index is 13.5. The van der Waals surface area contributed by atoms with Gasteiger partial charge < -0.3 is 34.1 Å². The van der Waals surface area contributed by atoms with Crippen LogP contribution in [0.4, 0.5) is 5.69 Å². The van der Waals surface area contributed by atoms with Crippen molar-refractivity contribution in [2.45, 2.75) is 38.0 Å². The average molecular weight is 699 g/mol. The zero-order valence-electron chi connectivity index (χ0n) is 28.5. The Hall–Kier alpha value is -5.21. The number of nitrogens with zero attached hydrogens (tertiary/aromatic N) is 4. The zero-order chi connectivity index (χ0) is 35.4. The summed E-state index contributed by atoms with van der Waals surface area (Å²) in [6, 6.07) is 10.4. The molecular weight excluding hydrogens is 660 g/mol.